The first-order chi connectivity index (χ1) is 13.2. The van der Waals surface area contributed by atoms with Crippen LogP contribution in [0.4, 0.5) is 5.69 Å². The molecule has 0 aliphatic carbocycles. The van der Waals surface area contributed by atoms with E-state index >= 15 is 0 Å². The van der Waals surface area contributed by atoms with Crippen LogP contribution in [0.15, 0.2) is 54.9 Å². The molecular formula is C18H17N5O3S. The number of pyridine rings is 1. The van der Waals surface area contributed by atoms with E-state index in [2.05, 4.69) is 25.8 Å². The Morgan fingerprint density at radius 2 is 1.93 bits per heavy atom. The Morgan fingerprint density at radius 3 is 2.70 bits per heavy atom. The van der Waals surface area contributed by atoms with Gasteiger partial charge in [0.2, 0.25) is 10.9 Å². The van der Waals surface area contributed by atoms with Crippen LogP contribution < -0.4 is 10.6 Å². The molecular weight excluding hydrogens is 366 g/mol. The van der Waals surface area contributed by atoms with Gasteiger partial charge in [0.05, 0.1) is 0 Å². The van der Waals surface area contributed by atoms with E-state index in [9.17, 15) is 9.59 Å². The van der Waals surface area contributed by atoms with Crippen LogP contribution in [0.2, 0.25) is 0 Å². The lowest BCUT2D eigenvalue weighted by Gasteiger charge is -2.05. The summed E-state index contributed by atoms with van der Waals surface area (Å²) in [5.41, 5.74) is 1.59. The highest BCUT2D eigenvalue weighted by atomic mass is 32.1. The fourth-order valence-corrected chi connectivity index (χ4v) is 2.77. The van der Waals surface area contributed by atoms with Crippen molar-refractivity contribution in [1.29, 1.82) is 0 Å². The molecule has 2 amide bonds. The van der Waals surface area contributed by atoms with Crippen molar-refractivity contribution in [1.82, 2.24) is 20.5 Å². The summed E-state index contributed by atoms with van der Waals surface area (Å²) < 4.78 is 5.33. The number of carbonyl (C=O) groups is 2. The van der Waals surface area contributed by atoms with Crippen molar-refractivity contribution in [3.63, 3.8) is 0 Å². The van der Waals surface area contributed by atoms with Crippen molar-refractivity contribution >= 4 is 28.8 Å². The second kappa shape index (κ2) is 9.51. The van der Waals surface area contributed by atoms with Gasteiger partial charge in [-0.1, -0.05) is 35.6 Å². The highest BCUT2D eigenvalue weighted by molar-refractivity contribution is 7.13. The lowest BCUT2D eigenvalue weighted by atomic mass is 10.3. The molecule has 0 aliphatic rings. The number of anilines is 1. The van der Waals surface area contributed by atoms with Crippen LogP contribution in [0.5, 0.6) is 0 Å². The van der Waals surface area contributed by atoms with Crippen molar-refractivity contribution in [2.45, 2.75) is 13.2 Å². The van der Waals surface area contributed by atoms with Gasteiger partial charge in [-0.2, -0.15) is 0 Å². The summed E-state index contributed by atoms with van der Waals surface area (Å²) in [6.45, 7) is 0.390. The predicted molar refractivity (Wildman–Crippen MR) is 100 cm³/mol. The van der Waals surface area contributed by atoms with Crippen LogP contribution in [0.1, 0.15) is 20.4 Å². The second-order valence-electron chi connectivity index (χ2n) is 5.45. The van der Waals surface area contributed by atoms with Gasteiger partial charge >= 0.3 is 0 Å². The third kappa shape index (κ3) is 5.94. The molecule has 1 aromatic carbocycles. The molecule has 2 aromatic heterocycles. The zero-order valence-electron chi connectivity index (χ0n) is 14.3. The second-order valence-corrected chi connectivity index (χ2v) is 6.51. The number of hydrogen-bond donors (Lipinski definition) is 2. The molecule has 3 rings (SSSR count). The maximum atomic E-state index is 12.1. The van der Waals surface area contributed by atoms with Crippen LogP contribution in [0.3, 0.4) is 0 Å². The van der Waals surface area contributed by atoms with Crippen LogP contribution >= 0.6 is 11.3 Å². The van der Waals surface area contributed by atoms with Gasteiger partial charge in [0.25, 0.3) is 5.91 Å². The highest BCUT2D eigenvalue weighted by Gasteiger charge is 2.13. The minimum absolute atomic E-state index is 0.106. The average Bonchev–Trinajstić information content (AvgIpc) is 3.17. The summed E-state index contributed by atoms with van der Waals surface area (Å²) in [5, 5.41) is 14.0. The Balaban J connectivity index is 1.40. The van der Waals surface area contributed by atoms with E-state index in [1.165, 1.54) is 0 Å². The maximum Gasteiger partial charge on any atom is 0.286 e. The van der Waals surface area contributed by atoms with Gasteiger partial charge in [0.15, 0.2) is 0 Å². The summed E-state index contributed by atoms with van der Waals surface area (Å²) in [6, 6.07) is 12.8. The Morgan fingerprint density at radius 1 is 1.07 bits per heavy atom. The number of nitrogens with one attached hydrogen (secondary N) is 2. The summed E-state index contributed by atoms with van der Waals surface area (Å²) >= 11 is 1.12. The summed E-state index contributed by atoms with van der Waals surface area (Å²) in [7, 11) is 0. The number of benzene rings is 1. The van der Waals surface area contributed by atoms with Gasteiger partial charge in [-0.15, -0.1) is 10.2 Å². The number of ether oxygens (including phenoxy) is 1. The van der Waals surface area contributed by atoms with Crippen molar-refractivity contribution in [3.05, 3.63) is 70.4 Å². The number of hydrogen-bond acceptors (Lipinski definition) is 7. The SMILES string of the molecule is O=C(COCc1nnc(C(=O)Nc2ccccc2)s1)NCc1cccnc1. The molecule has 2 heterocycles. The topological polar surface area (TPSA) is 106 Å². The molecule has 3 aromatic rings. The molecule has 0 saturated heterocycles. The maximum absolute atomic E-state index is 12.1. The summed E-state index contributed by atoms with van der Waals surface area (Å²) in [4.78, 5) is 27.9. The van der Waals surface area contributed by atoms with Crippen molar-refractivity contribution in [2.75, 3.05) is 11.9 Å². The largest absolute Gasteiger partial charge is 0.364 e. The highest BCUT2D eigenvalue weighted by Crippen LogP contribution is 2.13. The minimum Gasteiger partial charge on any atom is -0.364 e. The lowest BCUT2D eigenvalue weighted by Crippen LogP contribution is -2.27. The van der Waals surface area contributed by atoms with E-state index in [0.29, 0.717) is 17.2 Å². The van der Waals surface area contributed by atoms with E-state index in [4.69, 9.17) is 4.74 Å². The number of carbonyl (C=O) groups excluding carboxylic acids is 2. The molecule has 8 nitrogen and oxygen atoms in total. The number of aromatic nitrogens is 3. The van der Waals surface area contributed by atoms with E-state index < -0.39 is 0 Å². The Labute approximate surface area is 159 Å². The zero-order chi connectivity index (χ0) is 18.9. The van der Waals surface area contributed by atoms with Gasteiger partial charge in [0.1, 0.15) is 18.2 Å². The first-order valence-electron chi connectivity index (χ1n) is 8.13. The van der Waals surface area contributed by atoms with Gasteiger partial charge in [-0.3, -0.25) is 14.6 Å². The van der Waals surface area contributed by atoms with E-state index in [1.54, 1.807) is 30.6 Å². The van der Waals surface area contributed by atoms with Gasteiger partial charge in [-0.05, 0) is 23.8 Å². The Hall–Kier alpha value is -3.17. The van der Waals surface area contributed by atoms with E-state index in [-0.39, 0.29) is 30.0 Å². The number of rotatable bonds is 8. The molecule has 0 atom stereocenters. The summed E-state index contributed by atoms with van der Waals surface area (Å²) in [5.74, 6) is -0.579. The molecule has 9 heteroatoms. The van der Waals surface area contributed by atoms with Crippen molar-refractivity contribution in [2.24, 2.45) is 0 Å². The van der Waals surface area contributed by atoms with Crippen molar-refractivity contribution < 1.29 is 14.3 Å². The third-order valence-electron chi connectivity index (χ3n) is 3.36. The summed E-state index contributed by atoms with van der Waals surface area (Å²) in [6.07, 6.45) is 3.36. The molecule has 0 bridgehead atoms. The molecule has 0 aliphatic heterocycles. The first kappa shape index (κ1) is 18.6. The zero-order valence-corrected chi connectivity index (χ0v) is 15.1. The normalized spacial score (nSPS) is 10.4. The van der Waals surface area contributed by atoms with Crippen LogP contribution in [0, 0.1) is 0 Å². The fraction of sp³-hybridized carbons (Fsp3) is 0.167. The smallest absolute Gasteiger partial charge is 0.286 e. The van der Waals surface area contributed by atoms with Gasteiger partial charge in [-0.25, -0.2) is 0 Å². The molecule has 0 fully saturated rings. The first-order valence-corrected chi connectivity index (χ1v) is 8.94. The molecule has 2 N–H and O–H groups in total. The molecule has 0 saturated carbocycles. The fourth-order valence-electron chi connectivity index (χ4n) is 2.10. The van der Waals surface area contributed by atoms with Gasteiger partial charge in [0, 0.05) is 24.6 Å². The van der Waals surface area contributed by atoms with Crippen LogP contribution in [-0.2, 0) is 22.7 Å². The molecule has 0 radical (unpaired) electrons. The number of para-hydroxylation sites is 1. The van der Waals surface area contributed by atoms with E-state index in [0.717, 1.165) is 16.9 Å². The van der Waals surface area contributed by atoms with Crippen molar-refractivity contribution in [3.8, 4) is 0 Å². The average molecular weight is 383 g/mol. The van der Waals surface area contributed by atoms with Crippen LogP contribution in [0.25, 0.3) is 0 Å². The Bertz CT molecular complexity index is 886. The third-order valence-corrected chi connectivity index (χ3v) is 4.26. The van der Waals surface area contributed by atoms with Crippen LogP contribution in [-0.4, -0.2) is 33.6 Å². The molecule has 0 unspecified atom stereocenters. The predicted octanol–water partition coefficient (Wildman–Crippen LogP) is 2.02. The Kier molecular flexibility index (Phi) is 6.55. The minimum atomic E-state index is -0.334. The standard InChI is InChI=1S/C18H17N5O3S/c24-15(20-10-13-5-4-8-19-9-13)11-26-12-16-22-23-18(27-16)17(25)21-14-6-2-1-3-7-14/h1-9H,10-12H2,(H,20,24)(H,21,25). The number of nitrogens with zero attached hydrogens (tertiary/aromatic N) is 3. The van der Waals surface area contributed by atoms with E-state index in [1.807, 2.05) is 24.3 Å². The lowest BCUT2D eigenvalue weighted by molar-refractivity contribution is -0.126. The monoisotopic (exact) mass is 383 g/mol. The quantitative estimate of drug-likeness (QED) is 0.616. The number of amides is 2. The molecule has 0 spiro atoms. The van der Waals surface area contributed by atoms with Gasteiger partial charge < -0.3 is 15.4 Å². The molecule has 138 valence electrons. The molecule has 27 heavy (non-hydrogen) atoms.